The normalized spacial score (nSPS) is 16.1. The van der Waals surface area contributed by atoms with Gasteiger partial charge in [-0.3, -0.25) is 4.99 Å². The maximum absolute atomic E-state index is 10.1. The summed E-state index contributed by atoms with van der Waals surface area (Å²) in [7, 11) is 0. The molecule has 0 saturated heterocycles. The molecule has 30 heavy (non-hydrogen) atoms. The molecule has 1 aromatic heterocycles. The summed E-state index contributed by atoms with van der Waals surface area (Å²) < 4.78 is 17.3. The average molecular weight is 531 g/mol. The van der Waals surface area contributed by atoms with Gasteiger partial charge in [-0.15, -0.1) is 24.0 Å². The molecule has 0 radical (unpaired) electrons. The molecule has 1 fully saturated rings. The van der Waals surface area contributed by atoms with Crippen LogP contribution in [0.1, 0.15) is 45.4 Å². The van der Waals surface area contributed by atoms with Gasteiger partial charge in [0.05, 0.1) is 31.9 Å². The van der Waals surface area contributed by atoms with Gasteiger partial charge >= 0.3 is 0 Å². The Labute approximate surface area is 195 Å². The third-order valence-corrected chi connectivity index (χ3v) is 4.77. The largest absolute Gasteiger partial charge is 0.490 e. The first kappa shape index (κ1) is 24.7. The van der Waals surface area contributed by atoms with E-state index in [1.165, 1.54) is 12.8 Å². The molecule has 7 nitrogen and oxygen atoms in total. The third-order valence-electron chi connectivity index (χ3n) is 4.77. The molecule has 1 aliphatic rings. The van der Waals surface area contributed by atoms with Crippen LogP contribution in [0.2, 0.25) is 0 Å². The maximum Gasteiger partial charge on any atom is 0.191 e. The Bertz CT molecular complexity index is 807. The lowest BCUT2D eigenvalue weighted by Crippen LogP contribution is -2.39. The Kier molecular flexibility index (Phi) is 10.2. The topological polar surface area (TPSA) is 88.3 Å². The van der Waals surface area contributed by atoms with Crippen LogP contribution in [-0.2, 0) is 4.74 Å². The minimum Gasteiger partial charge on any atom is -0.490 e. The maximum atomic E-state index is 10.1. The summed E-state index contributed by atoms with van der Waals surface area (Å²) in [6, 6.07) is 7.80. The Morgan fingerprint density at radius 2 is 2.13 bits per heavy atom. The summed E-state index contributed by atoms with van der Waals surface area (Å²) >= 11 is 0. The number of halogens is 1. The molecular formula is C22H34IN3O4. The van der Waals surface area contributed by atoms with Crippen LogP contribution in [0.4, 0.5) is 0 Å². The lowest BCUT2D eigenvalue weighted by molar-refractivity contribution is 0.0368. The van der Waals surface area contributed by atoms with E-state index in [9.17, 15) is 5.11 Å². The van der Waals surface area contributed by atoms with Crippen molar-refractivity contribution in [1.82, 2.24) is 10.6 Å². The molecule has 2 unspecified atom stereocenters. The number of hydrogen-bond donors (Lipinski definition) is 3. The Balaban J connectivity index is 0.00000320. The van der Waals surface area contributed by atoms with Crippen LogP contribution in [-0.4, -0.2) is 50.1 Å². The highest BCUT2D eigenvalue weighted by Gasteiger charge is 2.21. The van der Waals surface area contributed by atoms with Crippen molar-refractivity contribution in [2.45, 2.75) is 45.8 Å². The number of aliphatic imine (C=N–C) groups is 1. The zero-order valence-electron chi connectivity index (χ0n) is 18.0. The molecular weight excluding hydrogens is 497 g/mol. The molecule has 0 bridgehead atoms. The highest BCUT2D eigenvalue weighted by atomic mass is 127. The van der Waals surface area contributed by atoms with Gasteiger partial charge in [0.25, 0.3) is 0 Å². The van der Waals surface area contributed by atoms with Crippen molar-refractivity contribution in [2.24, 2.45) is 10.9 Å². The second-order valence-corrected chi connectivity index (χ2v) is 7.48. The van der Waals surface area contributed by atoms with E-state index in [0.29, 0.717) is 25.1 Å². The van der Waals surface area contributed by atoms with Gasteiger partial charge in [0.1, 0.15) is 5.76 Å². The van der Waals surface area contributed by atoms with E-state index in [4.69, 9.17) is 13.9 Å². The number of nitrogens with one attached hydrogen (secondary N) is 2. The number of aliphatic hydroxyl groups excluding tert-OH is 1. The second kappa shape index (κ2) is 12.4. The molecule has 3 N–H and O–H groups in total. The molecule has 8 heteroatoms. The minimum absolute atomic E-state index is 0. The van der Waals surface area contributed by atoms with Crippen LogP contribution in [0.5, 0.6) is 5.75 Å². The molecule has 1 heterocycles. The summed E-state index contributed by atoms with van der Waals surface area (Å²) in [5, 5.41) is 17.7. The number of para-hydroxylation sites is 1. The van der Waals surface area contributed by atoms with E-state index < -0.39 is 6.10 Å². The number of fused-ring (bicyclic) bond motifs is 1. The van der Waals surface area contributed by atoms with Crippen molar-refractivity contribution in [3.8, 4) is 5.75 Å². The van der Waals surface area contributed by atoms with E-state index in [-0.39, 0.29) is 36.6 Å². The number of ether oxygens (including phenoxy) is 2. The summed E-state index contributed by atoms with van der Waals surface area (Å²) in [5.41, 5.74) is 0.753. The SMILES string of the molecule is CCNC(=NCC(O)COCC1CC1)NC(C)c1cc2cccc(OCC)c2o1.I. The number of furan rings is 1. The molecule has 1 saturated carbocycles. The molecule has 2 aromatic rings. The first-order valence-corrected chi connectivity index (χ1v) is 10.6. The van der Waals surface area contributed by atoms with E-state index in [2.05, 4.69) is 15.6 Å². The highest BCUT2D eigenvalue weighted by Crippen LogP contribution is 2.31. The molecule has 1 aliphatic carbocycles. The van der Waals surface area contributed by atoms with Crippen LogP contribution >= 0.6 is 24.0 Å². The first-order chi connectivity index (χ1) is 14.1. The Hall–Kier alpha value is -1.52. The lowest BCUT2D eigenvalue weighted by atomic mass is 10.2. The van der Waals surface area contributed by atoms with Crippen LogP contribution in [0.15, 0.2) is 33.7 Å². The van der Waals surface area contributed by atoms with E-state index in [1.807, 2.05) is 45.0 Å². The molecule has 3 rings (SSSR count). The van der Waals surface area contributed by atoms with Crippen molar-refractivity contribution >= 4 is 40.9 Å². The first-order valence-electron chi connectivity index (χ1n) is 10.6. The van der Waals surface area contributed by atoms with Crippen LogP contribution in [0, 0.1) is 5.92 Å². The standard InChI is InChI=1S/C22H33N3O4.HI/c1-4-23-22(24-12-18(26)14-27-13-16-9-10-16)25-15(3)20-11-17-7-6-8-19(28-5-2)21(17)29-20;/h6-8,11,15-16,18,26H,4-5,9-10,12-14H2,1-3H3,(H2,23,24,25);1H. The minimum atomic E-state index is -0.612. The third kappa shape index (κ3) is 7.31. The van der Waals surface area contributed by atoms with Gasteiger partial charge in [0.2, 0.25) is 0 Å². The fraction of sp³-hybridized carbons (Fsp3) is 0.591. The number of guanidine groups is 1. The second-order valence-electron chi connectivity index (χ2n) is 7.48. The molecule has 2 atom stereocenters. The zero-order chi connectivity index (χ0) is 20.6. The van der Waals surface area contributed by atoms with Crippen LogP contribution in [0.25, 0.3) is 11.0 Å². The number of benzene rings is 1. The van der Waals surface area contributed by atoms with Crippen LogP contribution < -0.4 is 15.4 Å². The van der Waals surface area contributed by atoms with Crippen molar-refractivity contribution in [3.63, 3.8) is 0 Å². The number of aliphatic hydroxyl groups is 1. The van der Waals surface area contributed by atoms with E-state index >= 15 is 0 Å². The van der Waals surface area contributed by atoms with Crippen molar-refractivity contribution in [2.75, 3.05) is 32.9 Å². The monoisotopic (exact) mass is 531 g/mol. The van der Waals surface area contributed by atoms with Gasteiger partial charge in [0, 0.05) is 18.5 Å². The van der Waals surface area contributed by atoms with Gasteiger partial charge in [-0.25, -0.2) is 0 Å². The van der Waals surface area contributed by atoms with Crippen molar-refractivity contribution in [3.05, 3.63) is 30.0 Å². The van der Waals surface area contributed by atoms with E-state index in [1.54, 1.807) is 0 Å². The average Bonchev–Trinajstić information content (AvgIpc) is 3.41. The summed E-state index contributed by atoms with van der Waals surface area (Å²) in [6.07, 6.45) is 1.88. The fourth-order valence-electron chi connectivity index (χ4n) is 3.04. The van der Waals surface area contributed by atoms with Gasteiger partial charge in [-0.2, -0.15) is 0 Å². The quantitative estimate of drug-likeness (QED) is 0.232. The van der Waals surface area contributed by atoms with Gasteiger partial charge in [-0.05, 0) is 51.7 Å². The van der Waals surface area contributed by atoms with E-state index in [0.717, 1.165) is 35.6 Å². The number of rotatable bonds is 11. The molecule has 168 valence electrons. The summed E-state index contributed by atoms with van der Waals surface area (Å²) in [4.78, 5) is 4.49. The van der Waals surface area contributed by atoms with Crippen molar-refractivity contribution in [1.29, 1.82) is 0 Å². The molecule has 0 aliphatic heterocycles. The highest BCUT2D eigenvalue weighted by molar-refractivity contribution is 14.0. The summed E-state index contributed by atoms with van der Waals surface area (Å²) in [5.74, 6) is 2.87. The molecule has 0 spiro atoms. The van der Waals surface area contributed by atoms with Gasteiger partial charge in [0.15, 0.2) is 17.3 Å². The summed E-state index contributed by atoms with van der Waals surface area (Å²) in [6.45, 7) is 8.63. The predicted molar refractivity (Wildman–Crippen MR) is 130 cm³/mol. The smallest absolute Gasteiger partial charge is 0.191 e. The lowest BCUT2D eigenvalue weighted by Gasteiger charge is -2.17. The molecule has 0 amide bonds. The predicted octanol–water partition coefficient (Wildman–Crippen LogP) is 3.85. The number of nitrogens with zero attached hydrogens (tertiary/aromatic N) is 1. The van der Waals surface area contributed by atoms with Crippen LogP contribution in [0.3, 0.4) is 0 Å². The van der Waals surface area contributed by atoms with Crippen molar-refractivity contribution < 1.29 is 19.0 Å². The Morgan fingerprint density at radius 3 is 2.83 bits per heavy atom. The molecule has 1 aromatic carbocycles. The van der Waals surface area contributed by atoms with Gasteiger partial charge < -0.3 is 29.6 Å². The zero-order valence-corrected chi connectivity index (χ0v) is 20.3. The fourth-order valence-corrected chi connectivity index (χ4v) is 3.04. The number of hydrogen-bond acceptors (Lipinski definition) is 5. The Morgan fingerprint density at radius 1 is 1.33 bits per heavy atom. The van der Waals surface area contributed by atoms with Gasteiger partial charge in [-0.1, -0.05) is 12.1 Å².